The first-order chi connectivity index (χ1) is 6.97. The van der Waals surface area contributed by atoms with Crippen molar-refractivity contribution in [1.29, 1.82) is 0 Å². The summed E-state index contributed by atoms with van der Waals surface area (Å²) in [6.07, 6.45) is 2.01. The second-order valence-corrected chi connectivity index (χ2v) is 7.02. The molecule has 0 saturated carbocycles. The zero-order valence-electron chi connectivity index (χ0n) is 8.53. The number of aryl methyl sites for hydroxylation is 2. The Labute approximate surface area is 94.7 Å². The maximum absolute atomic E-state index is 11.2. The van der Waals surface area contributed by atoms with E-state index in [1.165, 1.54) is 11.1 Å². The predicted molar refractivity (Wildman–Crippen MR) is 61.8 cm³/mol. The highest BCUT2D eigenvalue weighted by Crippen LogP contribution is 2.27. The minimum Gasteiger partial charge on any atom is -0.212 e. The zero-order chi connectivity index (χ0) is 11.1. The Hall–Kier alpha value is -0.540. The monoisotopic (exact) mass is 244 g/mol. The van der Waals surface area contributed by atoms with Gasteiger partial charge in [-0.15, -0.1) is 0 Å². The van der Waals surface area contributed by atoms with E-state index >= 15 is 0 Å². The van der Waals surface area contributed by atoms with E-state index in [2.05, 4.69) is 18.2 Å². The highest BCUT2D eigenvalue weighted by Gasteiger charge is 2.27. The van der Waals surface area contributed by atoms with Crippen molar-refractivity contribution in [2.45, 2.75) is 31.4 Å². The summed E-state index contributed by atoms with van der Waals surface area (Å²) in [6, 6.07) is 6.21. The molecule has 0 unspecified atom stereocenters. The minimum atomic E-state index is -3.41. The first-order valence-corrected chi connectivity index (χ1v) is 7.36. The maximum atomic E-state index is 11.2. The number of halogens is 1. The van der Waals surface area contributed by atoms with Crippen LogP contribution in [0, 0.1) is 6.92 Å². The van der Waals surface area contributed by atoms with Gasteiger partial charge in [-0.2, -0.15) is 0 Å². The highest BCUT2D eigenvalue weighted by atomic mass is 35.7. The van der Waals surface area contributed by atoms with Crippen LogP contribution in [0.25, 0.3) is 0 Å². The first kappa shape index (κ1) is 11.0. The Bertz CT molecular complexity index is 479. The second kappa shape index (κ2) is 3.80. The van der Waals surface area contributed by atoms with Gasteiger partial charge in [-0.3, -0.25) is 0 Å². The first-order valence-electron chi connectivity index (χ1n) is 4.98. The lowest BCUT2D eigenvalue weighted by Crippen LogP contribution is -2.24. The molecule has 0 N–H and O–H groups in total. The van der Waals surface area contributed by atoms with Gasteiger partial charge in [0, 0.05) is 10.7 Å². The Balaban J connectivity index is 2.34. The van der Waals surface area contributed by atoms with Crippen molar-refractivity contribution in [3.05, 3.63) is 34.9 Å². The molecule has 0 aliphatic heterocycles. The summed E-state index contributed by atoms with van der Waals surface area (Å²) in [5.41, 5.74) is 3.56. The van der Waals surface area contributed by atoms with Crippen LogP contribution in [0.15, 0.2) is 18.2 Å². The van der Waals surface area contributed by atoms with Crippen LogP contribution in [0.1, 0.15) is 23.1 Å². The summed E-state index contributed by atoms with van der Waals surface area (Å²) in [6.45, 7) is 2.01. The standard InChI is InChI=1S/C11H13ClO2S/c1-8-2-3-9-4-5-11(15(12,13)14)7-10(9)6-8/h2-3,6,11H,4-5,7H2,1H3/t11-/m1/s1. The van der Waals surface area contributed by atoms with Crippen LogP contribution in [0.5, 0.6) is 0 Å². The molecular formula is C11H13ClO2S. The van der Waals surface area contributed by atoms with E-state index in [0.29, 0.717) is 12.8 Å². The van der Waals surface area contributed by atoms with Crippen molar-refractivity contribution in [1.82, 2.24) is 0 Å². The molecule has 1 aromatic carbocycles. The van der Waals surface area contributed by atoms with Gasteiger partial charge >= 0.3 is 0 Å². The SMILES string of the molecule is Cc1ccc2c(c1)C[C@H](S(=O)(=O)Cl)CC2. The molecule has 1 aliphatic carbocycles. The molecule has 2 nitrogen and oxygen atoms in total. The van der Waals surface area contributed by atoms with Gasteiger partial charge in [-0.25, -0.2) is 8.42 Å². The summed E-state index contributed by atoms with van der Waals surface area (Å²) in [5, 5.41) is -0.409. The van der Waals surface area contributed by atoms with Crippen molar-refractivity contribution in [3.63, 3.8) is 0 Å². The molecule has 0 saturated heterocycles. The average molecular weight is 245 g/mol. The van der Waals surface area contributed by atoms with E-state index in [-0.39, 0.29) is 0 Å². The number of hydrogen-bond acceptors (Lipinski definition) is 2. The third kappa shape index (κ3) is 2.34. The number of benzene rings is 1. The largest absolute Gasteiger partial charge is 0.235 e. The summed E-state index contributed by atoms with van der Waals surface area (Å²) in [5.74, 6) is 0. The summed E-state index contributed by atoms with van der Waals surface area (Å²) >= 11 is 0. The van der Waals surface area contributed by atoms with E-state index in [1.54, 1.807) is 0 Å². The van der Waals surface area contributed by atoms with Crippen LogP contribution in [-0.2, 0) is 21.9 Å². The Morgan fingerprint density at radius 3 is 2.73 bits per heavy atom. The van der Waals surface area contributed by atoms with Gasteiger partial charge in [0.1, 0.15) is 0 Å². The number of fused-ring (bicyclic) bond motifs is 1. The highest BCUT2D eigenvalue weighted by molar-refractivity contribution is 8.14. The van der Waals surface area contributed by atoms with E-state index in [0.717, 1.165) is 12.0 Å². The normalized spacial score (nSPS) is 21.1. The lowest BCUT2D eigenvalue weighted by atomic mass is 9.90. The Kier molecular flexibility index (Phi) is 2.77. The Morgan fingerprint density at radius 2 is 2.07 bits per heavy atom. The summed E-state index contributed by atoms with van der Waals surface area (Å²) in [4.78, 5) is 0. The third-order valence-electron chi connectivity index (χ3n) is 2.94. The van der Waals surface area contributed by atoms with E-state index in [1.807, 2.05) is 6.92 Å². The minimum absolute atomic E-state index is 0.409. The molecule has 1 aromatic rings. The summed E-state index contributed by atoms with van der Waals surface area (Å²) < 4.78 is 22.5. The molecule has 4 heteroatoms. The molecule has 1 atom stereocenters. The second-order valence-electron chi connectivity index (χ2n) is 4.11. The zero-order valence-corrected chi connectivity index (χ0v) is 10.1. The van der Waals surface area contributed by atoms with Crippen LogP contribution >= 0.6 is 10.7 Å². The average Bonchev–Trinajstić information content (AvgIpc) is 2.15. The topological polar surface area (TPSA) is 34.1 Å². The fraction of sp³-hybridized carbons (Fsp3) is 0.455. The molecule has 0 fully saturated rings. The molecule has 0 spiro atoms. The summed E-state index contributed by atoms with van der Waals surface area (Å²) in [7, 11) is 1.98. The van der Waals surface area contributed by atoms with Crippen LogP contribution in [0.2, 0.25) is 0 Å². The molecule has 0 radical (unpaired) electrons. The third-order valence-corrected chi connectivity index (χ3v) is 4.90. The predicted octanol–water partition coefficient (Wildman–Crippen LogP) is 2.42. The van der Waals surface area contributed by atoms with Crippen molar-refractivity contribution in [2.75, 3.05) is 0 Å². The van der Waals surface area contributed by atoms with Gasteiger partial charge in [0.25, 0.3) is 0 Å². The fourth-order valence-electron chi connectivity index (χ4n) is 2.09. The molecule has 15 heavy (non-hydrogen) atoms. The molecule has 0 amide bonds. The molecule has 0 heterocycles. The van der Waals surface area contributed by atoms with Crippen molar-refractivity contribution in [2.24, 2.45) is 0 Å². The van der Waals surface area contributed by atoms with Gasteiger partial charge in [-0.05, 0) is 37.3 Å². The van der Waals surface area contributed by atoms with Gasteiger partial charge in [0.05, 0.1) is 5.25 Å². The van der Waals surface area contributed by atoms with Crippen LogP contribution in [0.4, 0.5) is 0 Å². The van der Waals surface area contributed by atoms with Crippen LogP contribution in [-0.4, -0.2) is 13.7 Å². The number of rotatable bonds is 1. The van der Waals surface area contributed by atoms with Crippen molar-refractivity contribution >= 4 is 19.7 Å². The van der Waals surface area contributed by atoms with Gasteiger partial charge < -0.3 is 0 Å². The lowest BCUT2D eigenvalue weighted by Gasteiger charge is -2.22. The van der Waals surface area contributed by atoms with Crippen LogP contribution in [0.3, 0.4) is 0 Å². The lowest BCUT2D eigenvalue weighted by molar-refractivity contribution is 0.575. The fourth-order valence-corrected chi connectivity index (χ4v) is 3.33. The van der Waals surface area contributed by atoms with Crippen molar-refractivity contribution < 1.29 is 8.42 Å². The van der Waals surface area contributed by atoms with E-state index < -0.39 is 14.3 Å². The molecular weight excluding hydrogens is 232 g/mol. The Morgan fingerprint density at radius 1 is 1.33 bits per heavy atom. The van der Waals surface area contributed by atoms with Gasteiger partial charge in [0.2, 0.25) is 9.05 Å². The maximum Gasteiger partial charge on any atom is 0.235 e. The van der Waals surface area contributed by atoms with Crippen LogP contribution < -0.4 is 0 Å². The molecule has 1 aliphatic rings. The molecule has 0 bridgehead atoms. The molecule has 82 valence electrons. The number of hydrogen-bond donors (Lipinski definition) is 0. The van der Waals surface area contributed by atoms with Gasteiger partial charge in [0.15, 0.2) is 0 Å². The van der Waals surface area contributed by atoms with E-state index in [9.17, 15) is 8.42 Å². The van der Waals surface area contributed by atoms with Gasteiger partial charge in [-0.1, -0.05) is 23.8 Å². The quantitative estimate of drug-likeness (QED) is 0.711. The molecule has 0 aromatic heterocycles. The molecule has 2 rings (SSSR count). The smallest absolute Gasteiger partial charge is 0.212 e. The van der Waals surface area contributed by atoms with E-state index in [4.69, 9.17) is 10.7 Å². The van der Waals surface area contributed by atoms with Crippen molar-refractivity contribution in [3.8, 4) is 0 Å².